The fraction of sp³-hybridized carbons (Fsp3) is 0.571. The van der Waals surface area contributed by atoms with Crippen LogP contribution < -0.4 is 5.32 Å². The molecule has 2 unspecified atom stereocenters. The van der Waals surface area contributed by atoms with E-state index >= 15 is 0 Å². The molecule has 0 heterocycles. The van der Waals surface area contributed by atoms with Crippen LogP contribution in [-0.2, 0) is 16.6 Å². The molecule has 0 bridgehead atoms. The van der Waals surface area contributed by atoms with E-state index in [0.29, 0.717) is 17.7 Å². The van der Waals surface area contributed by atoms with E-state index in [1.807, 2.05) is 19.2 Å². The van der Waals surface area contributed by atoms with Crippen LogP contribution in [-0.4, -0.2) is 23.1 Å². The van der Waals surface area contributed by atoms with Gasteiger partial charge < -0.3 is 5.32 Å². The first-order valence-corrected chi connectivity index (χ1v) is 7.60. The van der Waals surface area contributed by atoms with E-state index in [0.717, 1.165) is 5.75 Å². The Labute approximate surface area is 107 Å². The lowest BCUT2D eigenvalue weighted by atomic mass is 10.1. The summed E-state index contributed by atoms with van der Waals surface area (Å²) in [6, 6.07) is 8.51. The molecule has 0 aliphatic rings. The smallest absolute Gasteiger partial charge is 0.0488 e. The monoisotopic (exact) mass is 253 g/mol. The van der Waals surface area contributed by atoms with Gasteiger partial charge >= 0.3 is 0 Å². The van der Waals surface area contributed by atoms with Crippen molar-refractivity contribution in [1.29, 1.82) is 0 Å². The van der Waals surface area contributed by atoms with E-state index in [2.05, 4.69) is 38.2 Å². The van der Waals surface area contributed by atoms with Crippen LogP contribution in [0.4, 0.5) is 0 Å². The van der Waals surface area contributed by atoms with Gasteiger partial charge in [-0.25, -0.2) is 0 Å². The maximum atomic E-state index is 12.1. The Morgan fingerprint density at radius 2 is 1.94 bits per heavy atom. The predicted molar refractivity (Wildman–Crippen MR) is 75.6 cm³/mol. The van der Waals surface area contributed by atoms with E-state index in [1.165, 1.54) is 11.1 Å². The Balaban J connectivity index is 2.58. The van der Waals surface area contributed by atoms with E-state index in [4.69, 9.17) is 0 Å². The first-order valence-electron chi connectivity index (χ1n) is 6.11. The number of rotatable bonds is 6. The SMILES string of the molecule is CNC(CS(=O)Cc1ccccc1C)C(C)C. The largest absolute Gasteiger partial charge is 0.316 e. The molecule has 0 spiro atoms. The van der Waals surface area contributed by atoms with Gasteiger partial charge in [0.15, 0.2) is 0 Å². The van der Waals surface area contributed by atoms with Crippen molar-refractivity contribution in [3.05, 3.63) is 35.4 Å². The third kappa shape index (κ3) is 4.60. The van der Waals surface area contributed by atoms with Crippen LogP contribution in [0.3, 0.4) is 0 Å². The molecule has 0 aromatic heterocycles. The number of aryl methyl sites for hydroxylation is 1. The lowest BCUT2D eigenvalue weighted by molar-refractivity contribution is 0.461. The van der Waals surface area contributed by atoms with Crippen LogP contribution in [0, 0.1) is 12.8 Å². The van der Waals surface area contributed by atoms with Gasteiger partial charge in [-0.2, -0.15) is 0 Å². The van der Waals surface area contributed by atoms with Crippen molar-refractivity contribution in [3.8, 4) is 0 Å². The van der Waals surface area contributed by atoms with Gasteiger partial charge in [-0.3, -0.25) is 4.21 Å². The van der Waals surface area contributed by atoms with E-state index in [-0.39, 0.29) is 0 Å². The van der Waals surface area contributed by atoms with Crippen LogP contribution in [0.25, 0.3) is 0 Å². The molecule has 96 valence electrons. The summed E-state index contributed by atoms with van der Waals surface area (Å²) in [6.07, 6.45) is 0. The molecule has 1 aromatic carbocycles. The summed E-state index contributed by atoms with van der Waals surface area (Å²) in [4.78, 5) is 0. The van der Waals surface area contributed by atoms with Crippen LogP contribution in [0.1, 0.15) is 25.0 Å². The minimum absolute atomic E-state index is 0.333. The first-order chi connectivity index (χ1) is 8.04. The first kappa shape index (κ1) is 14.4. The highest BCUT2D eigenvalue weighted by Crippen LogP contribution is 2.11. The molecule has 1 rings (SSSR count). The fourth-order valence-electron chi connectivity index (χ4n) is 1.81. The summed E-state index contributed by atoms with van der Waals surface area (Å²) in [5.41, 5.74) is 2.43. The molecule has 0 aliphatic carbocycles. The fourth-order valence-corrected chi connectivity index (χ4v) is 3.55. The molecule has 0 saturated heterocycles. The molecule has 0 saturated carbocycles. The van der Waals surface area contributed by atoms with Gasteiger partial charge in [0.25, 0.3) is 0 Å². The average Bonchev–Trinajstić information content (AvgIpc) is 2.28. The molecule has 0 fully saturated rings. The molecule has 1 aromatic rings. The van der Waals surface area contributed by atoms with Gasteiger partial charge in [-0.15, -0.1) is 0 Å². The van der Waals surface area contributed by atoms with Gasteiger partial charge in [0.2, 0.25) is 0 Å². The highest BCUT2D eigenvalue weighted by atomic mass is 32.2. The maximum absolute atomic E-state index is 12.1. The zero-order chi connectivity index (χ0) is 12.8. The van der Waals surface area contributed by atoms with Gasteiger partial charge in [-0.05, 0) is 31.0 Å². The van der Waals surface area contributed by atoms with Crippen molar-refractivity contribution in [1.82, 2.24) is 5.32 Å². The number of hydrogen-bond donors (Lipinski definition) is 1. The molecule has 0 aliphatic heterocycles. The average molecular weight is 253 g/mol. The van der Waals surface area contributed by atoms with E-state index in [1.54, 1.807) is 0 Å². The van der Waals surface area contributed by atoms with Crippen molar-refractivity contribution in [2.75, 3.05) is 12.8 Å². The minimum Gasteiger partial charge on any atom is -0.316 e. The van der Waals surface area contributed by atoms with Crippen molar-refractivity contribution in [2.45, 2.75) is 32.6 Å². The summed E-state index contributed by atoms with van der Waals surface area (Å²) in [6.45, 7) is 6.39. The van der Waals surface area contributed by atoms with Crippen LogP contribution >= 0.6 is 0 Å². The zero-order valence-corrected chi connectivity index (χ0v) is 12.0. The topological polar surface area (TPSA) is 29.1 Å². The summed E-state index contributed by atoms with van der Waals surface area (Å²) in [5, 5.41) is 3.24. The summed E-state index contributed by atoms with van der Waals surface area (Å²) in [7, 11) is 1.15. The highest BCUT2D eigenvalue weighted by Gasteiger charge is 2.15. The Hall–Kier alpha value is -0.670. The molecular formula is C14H23NOS. The second-order valence-corrected chi connectivity index (χ2v) is 6.32. The Morgan fingerprint density at radius 3 is 2.47 bits per heavy atom. The molecular weight excluding hydrogens is 230 g/mol. The Morgan fingerprint density at radius 1 is 1.29 bits per heavy atom. The highest BCUT2D eigenvalue weighted by molar-refractivity contribution is 7.84. The molecule has 2 nitrogen and oxygen atoms in total. The lowest BCUT2D eigenvalue weighted by Gasteiger charge is -2.19. The van der Waals surface area contributed by atoms with Crippen LogP contribution in [0.5, 0.6) is 0 Å². The molecule has 0 amide bonds. The Kier molecular flexibility index (Phi) is 5.86. The predicted octanol–water partition coefficient (Wildman–Crippen LogP) is 2.49. The van der Waals surface area contributed by atoms with Gasteiger partial charge in [0.05, 0.1) is 0 Å². The number of hydrogen-bond acceptors (Lipinski definition) is 2. The second-order valence-electron chi connectivity index (χ2n) is 4.82. The minimum atomic E-state index is -0.794. The maximum Gasteiger partial charge on any atom is 0.0488 e. The lowest BCUT2D eigenvalue weighted by Crippen LogP contribution is -2.36. The number of benzene rings is 1. The quantitative estimate of drug-likeness (QED) is 0.844. The van der Waals surface area contributed by atoms with Gasteiger partial charge in [0.1, 0.15) is 0 Å². The molecule has 3 heteroatoms. The normalized spacial score (nSPS) is 14.9. The standard InChI is InChI=1S/C14H23NOS/c1-11(2)14(15-4)10-17(16)9-13-8-6-5-7-12(13)3/h5-8,11,14-15H,9-10H2,1-4H3. The van der Waals surface area contributed by atoms with Crippen LogP contribution in [0.15, 0.2) is 24.3 Å². The van der Waals surface area contributed by atoms with E-state index in [9.17, 15) is 4.21 Å². The third-order valence-electron chi connectivity index (χ3n) is 3.12. The van der Waals surface area contributed by atoms with Crippen molar-refractivity contribution >= 4 is 10.8 Å². The molecule has 1 N–H and O–H groups in total. The molecule has 2 atom stereocenters. The van der Waals surface area contributed by atoms with Gasteiger partial charge in [-0.1, -0.05) is 38.1 Å². The zero-order valence-electron chi connectivity index (χ0n) is 11.2. The number of nitrogens with one attached hydrogen (secondary N) is 1. The third-order valence-corrected chi connectivity index (χ3v) is 4.48. The molecule has 17 heavy (non-hydrogen) atoms. The summed E-state index contributed by atoms with van der Waals surface area (Å²) >= 11 is 0. The van der Waals surface area contributed by atoms with Crippen molar-refractivity contribution < 1.29 is 4.21 Å². The van der Waals surface area contributed by atoms with Crippen molar-refractivity contribution in [2.24, 2.45) is 5.92 Å². The van der Waals surface area contributed by atoms with Gasteiger partial charge in [0, 0.05) is 28.3 Å². The van der Waals surface area contributed by atoms with Crippen molar-refractivity contribution in [3.63, 3.8) is 0 Å². The van der Waals surface area contributed by atoms with Crippen LogP contribution in [0.2, 0.25) is 0 Å². The summed E-state index contributed by atoms with van der Waals surface area (Å²) in [5.74, 6) is 1.90. The second kappa shape index (κ2) is 6.92. The van der Waals surface area contributed by atoms with E-state index < -0.39 is 10.8 Å². The summed E-state index contributed by atoms with van der Waals surface area (Å²) < 4.78 is 12.1. The molecule has 0 radical (unpaired) electrons. The Bertz CT molecular complexity index is 376.